The summed E-state index contributed by atoms with van der Waals surface area (Å²) in [5.41, 5.74) is 6.32. The van der Waals surface area contributed by atoms with Gasteiger partial charge in [0.15, 0.2) is 15.7 Å². The van der Waals surface area contributed by atoms with Crippen LogP contribution in [0.5, 0.6) is 0 Å². The lowest BCUT2D eigenvalue weighted by molar-refractivity contribution is 0.505. The van der Waals surface area contributed by atoms with E-state index in [0.29, 0.717) is 0 Å². The molecular formula is C11H18N6O2S. The molecule has 0 bridgehead atoms. The van der Waals surface area contributed by atoms with E-state index in [4.69, 9.17) is 5.73 Å². The summed E-state index contributed by atoms with van der Waals surface area (Å²) in [6.07, 6.45) is 1.90. The highest BCUT2D eigenvalue weighted by Gasteiger charge is 2.35. The van der Waals surface area contributed by atoms with Crippen LogP contribution in [0.25, 0.3) is 0 Å². The van der Waals surface area contributed by atoms with Crippen LogP contribution in [0.2, 0.25) is 0 Å². The van der Waals surface area contributed by atoms with Crippen LogP contribution in [-0.4, -0.2) is 40.9 Å². The lowest BCUT2D eigenvalue weighted by Crippen LogP contribution is -2.38. The van der Waals surface area contributed by atoms with Crippen molar-refractivity contribution in [3.8, 4) is 0 Å². The van der Waals surface area contributed by atoms with Gasteiger partial charge in [-0.3, -0.25) is 0 Å². The van der Waals surface area contributed by atoms with Crippen LogP contribution in [0.15, 0.2) is 5.10 Å². The van der Waals surface area contributed by atoms with Gasteiger partial charge in [0.2, 0.25) is 5.95 Å². The number of hydrogen-bond donors (Lipinski definition) is 1. The number of anilines is 2. The number of sulfone groups is 1. The number of aromatic nitrogens is 3. The lowest BCUT2D eigenvalue weighted by atomic mass is 9.99. The summed E-state index contributed by atoms with van der Waals surface area (Å²) in [6.45, 7) is 5.93. The van der Waals surface area contributed by atoms with Gasteiger partial charge in [0.25, 0.3) is 5.95 Å². The highest BCUT2D eigenvalue weighted by Crippen LogP contribution is 2.30. The maximum absolute atomic E-state index is 11.3. The second kappa shape index (κ2) is 4.65. The maximum Gasteiger partial charge on any atom is 0.251 e. The van der Waals surface area contributed by atoms with Crippen molar-refractivity contribution < 1.29 is 8.42 Å². The van der Waals surface area contributed by atoms with Crippen molar-refractivity contribution in [3.05, 3.63) is 5.82 Å². The van der Waals surface area contributed by atoms with E-state index >= 15 is 0 Å². The Labute approximate surface area is 118 Å². The first-order valence-electron chi connectivity index (χ1n) is 6.09. The molecule has 0 radical (unpaired) electrons. The molecule has 1 aromatic rings. The Bertz CT molecular complexity index is 667. The molecule has 8 nitrogen and oxygen atoms in total. The fraction of sp³-hybridized carbons (Fsp3) is 0.636. The maximum atomic E-state index is 11.3. The van der Waals surface area contributed by atoms with Gasteiger partial charge in [-0.1, -0.05) is 0 Å². The highest BCUT2D eigenvalue weighted by atomic mass is 32.2. The number of nitrogens with two attached hydrogens (primary N) is 1. The summed E-state index contributed by atoms with van der Waals surface area (Å²) < 4.78 is 22.7. The van der Waals surface area contributed by atoms with E-state index < -0.39 is 9.84 Å². The molecule has 9 heteroatoms. The second-order valence-corrected chi connectivity index (χ2v) is 7.76. The SMILES string of the molecule is CC1=NN(c2nc(N)nc(CS(C)(=O)=O)n2)C(C)(C)C1. The molecule has 2 N–H and O–H groups in total. The van der Waals surface area contributed by atoms with Gasteiger partial charge in [-0.15, -0.1) is 0 Å². The van der Waals surface area contributed by atoms with Crippen LogP contribution in [-0.2, 0) is 15.6 Å². The average molecular weight is 298 g/mol. The molecule has 1 aliphatic rings. The fourth-order valence-electron chi connectivity index (χ4n) is 2.18. The summed E-state index contributed by atoms with van der Waals surface area (Å²) in [4.78, 5) is 12.1. The van der Waals surface area contributed by atoms with Gasteiger partial charge in [-0.2, -0.15) is 20.1 Å². The summed E-state index contributed by atoms with van der Waals surface area (Å²) in [7, 11) is -3.24. The molecule has 20 heavy (non-hydrogen) atoms. The van der Waals surface area contributed by atoms with Crippen LogP contribution in [0.3, 0.4) is 0 Å². The molecule has 0 amide bonds. The van der Waals surface area contributed by atoms with E-state index in [1.807, 2.05) is 20.8 Å². The van der Waals surface area contributed by atoms with Gasteiger partial charge in [0.05, 0.1) is 5.54 Å². The van der Waals surface area contributed by atoms with Crippen LogP contribution in [0, 0.1) is 0 Å². The zero-order valence-electron chi connectivity index (χ0n) is 12.0. The Kier molecular flexibility index (Phi) is 3.41. The normalized spacial score (nSPS) is 18.2. The van der Waals surface area contributed by atoms with Crippen LogP contribution in [0.4, 0.5) is 11.9 Å². The molecule has 0 atom stereocenters. The monoisotopic (exact) mass is 298 g/mol. The molecule has 0 saturated carbocycles. The molecule has 2 rings (SSSR count). The first kappa shape index (κ1) is 14.6. The Balaban J connectivity index is 2.43. The van der Waals surface area contributed by atoms with Gasteiger partial charge in [0, 0.05) is 18.4 Å². The van der Waals surface area contributed by atoms with E-state index in [9.17, 15) is 8.42 Å². The molecule has 1 aromatic heterocycles. The summed E-state index contributed by atoms with van der Waals surface area (Å²) in [5, 5.41) is 6.04. The molecule has 0 unspecified atom stereocenters. The smallest absolute Gasteiger partial charge is 0.251 e. The zero-order valence-corrected chi connectivity index (χ0v) is 12.8. The van der Waals surface area contributed by atoms with Crippen LogP contribution < -0.4 is 10.7 Å². The van der Waals surface area contributed by atoms with Crippen molar-refractivity contribution in [1.29, 1.82) is 0 Å². The Morgan fingerprint density at radius 1 is 1.30 bits per heavy atom. The summed E-state index contributed by atoms with van der Waals surface area (Å²) >= 11 is 0. The van der Waals surface area contributed by atoms with Crippen molar-refractivity contribution in [2.45, 2.75) is 38.5 Å². The van der Waals surface area contributed by atoms with E-state index in [1.54, 1.807) is 5.01 Å². The number of hydrazone groups is 1. The quantitative estimate of drug-likeness (QED) is 0.856. The topological polar surface area (TPSA) is 114 Å². The molecule has 1 aliphatic heterocycles. The van der Waals surface area contributed by atoms with Crippen molar-refractivity contribution in [1.82, 2.24) is 15.0 Å². The molecule has 0 aliphatic carbocycles. The zero-order chi connectivity index (χ0) is 15.1. The summed E-state index contributed by atoms with van der Waals surface area (Å²) in [6, 6.07) is 0. The largest absolute Gasteiger partial charge is 0.368 e. The molecule has 0 fully saturated rings. The Morgan fingerprint density at radius 3 is 2.45 bits per heavy atom. The number of rotatable bonds is 3. The van der Waals surface area contributed by atoms with E-state index in [2.05, 4.69) is 20.1 Å². The molecule has 110 valence electrons. The number of nitrogens with zero attached hydrogens (tertiary/aromatic N) is 5. The van der Waals surface area contributed by atoms with Crippen molar-refractivity contribution in [2.75, 3.05) is 17.0 Å². The van der Waals surface area contributed by atoms with Crippen LogP contribution >= 0.6 is 0 Å². The minimum atomic E-state index is -3.24. The average Bonchev–Trinajstić information content (AvgIpc) is 2.48. The predicted octanol–water partition coefficient (Wildman–Crippen LogP) is 0.363. The summed E-state index contributed by atoms with van der Waals surface area (Å²) in [5.74, 6) is 0.122. The third-order valence-corrected chi connectivity index (χ3v) is 3.58. The third kappa shape index (κ3) is 3.21. The first-order valence-corrected chi connectivity index (χ1v) is 8.15. The van der Waals surface area contributed by atoms with Crippen molar-refractivity contribution >= 4 is 27.4 Å². The molecule has 0 saturated heterocycles. The second-order valence-electron chi connectivity index (χ2n) is 5.62. The number of hydrogen-bond acceptors (Lipinski definition) is 8. The van der Waals surface area contributed by atoms with Gasteiger partial charge >= 0.3 is 0 Å². The molecular weight excluding hydrogens is 280 g/mol. The van der Waals surface area contributed by atoms with Crippen LogP contribution in [0.1, 0.15) is 33.0 Å². The number of nitrogen functional groups attached to an aromatic ring is 1. The Morgan fingerprint density at radius 2 is 1.95 bits per heavy atom. The van der Waals surface area contributed by atoms with Crippen molar-refractivity contribution in [3.63, 3.8) is 0 Å². The fourth-order valence-corrected chi connectivity index (χ4v) is 2.77. The Hall–Kier alpha value is -1.77. The third-order valence-electron chi connectivity index (χ3n) is 2.80. The van der Waals surface area contributed by atoms with E-state index in [1.165, 1.54) is 0 Å². The van der Waals surface area contributed by atoms with Gasteiger partial charge in [0.1, 0.15) is 5.75 Å². The van der Waals surface area contributed by atoms with Crippen molar-refractivity contribution in [2.24, 2.45) is 5.10 Å². The van der Waals surface area contributed by atoms with Gasteiger partial charge < -0.3 is 5.73 Å². The minimum Gasteiger partial charge on any atom is -0.368 e. The standard InChI is InChI=1S/C11H18N6O2S/c1-7-5-11(2,3)17(16-7)10-14-8(6-20(4,18)19)13-9(12)15-10/h5-6H2,1-4H3,(H2,12,13,14,15). The molecule has 0 spiro atoms. The van der Waals surface area contributed by atoms with Gasteiger partial charge in [-0.25, -0.2) is 13.4 Å². The van der Waals surface area contributed by atoms with E-state index in [0.717, 1.165) is 18.4 Å². The van der Waals surface area contributed by atoms with E-state index in [-0.39, 0.29) is 29.0 Å². The highest BCUT2D eigenvalue weighted by molar-refractivity contribution is 7.89. The minimum absolute atomic E-state index is 0.01000. The molecule has 0 aromatic carbocycles. The molecule has 2 heterocycles. The predicted molar refractivity (Wildman–Crippen MR) is 77.1 cm³/mol. The lowest BCUT2D eigenvalue weighted by Gasteiger charge is -2.28. The van der Waals surface area contributed by atoms with Gasteiger partial charge in [-0.05, 0) is 20.8 Å². The first-order chi connectivity index (χ1) is 9.07.